The number of hydrogen-bond donors (Lipinski definition) is 1. The van der Waals surface area contributed by atoms with Gasteiger partial charge in [0.25, 0.3) is 0 Å². The molecule has 1 saturated heterocycles. The van der Waals surface area contributed by atoms with Crippen LogP contribution in [0.5, 0.6) is 0 Å². The highest BCUT2D eigenvalue weighted by Crippen LogP contribution is 2.18. The molecule has 0 amide bonds. The van der Waals surface area contributed by atoms with Gasteiger partial charge in [-0.3, -0.25) is 0 Å². The molecule has 2 atom stereocenters. The Kier molecular flexibility index (Phi) is 16.9. The second kappa shape index (κ2) is 18.3. The van der Waals surface area contributed by atoms with Gasteiger partial charge in [-0.05, 0) is 26.2 Å². The number of hydrogen-bond acceptors (Lipinski definition) is 1. The maximum atomic E-state index is 3.77. The topological polar surface area (TPSA) is 12.0 Å². The van der Waals surface area contributed by atoms with Crippen LogP contribution in [-0.2, 0) is 0 Å². The van der Waals surface area contributed by atoms with Gasteiger partial charge in [0.2, 0.25) is 0 Å². The summed E-state index contributed by atoms with van der Waals surface area (Å²) >= 11 is 0. The second-order valence-corrected chi connectivity index (χ2v) is 9.14. The lowest BCUT2D eigenvalue weighted by Gasteiger charge is -2.28. The van der Waals surface area contributed by atoms with Crippen LogP contribution in [0.15, 0.2) is 0 Å². The van der Waals surface area contributed by atoms with Gasteiger partial charge in [0.1, 0.15) is 0 Å². The van der Waals surface area contributed by atoms with E-state index in [-0.39, 0.29) is 0 Å². The van der Waals surface area contributed by atoms with Crippen molar-refractivity contribution in [2.24, 2.45) is 0 Å². The van der Waals surface area contributed by atoms with Crippen LogP contribution in [0, 0.1) is 0 Å². The molecule has 0 aromatic heterocycles. The molecule has 26 heavy (non-hydrogen) atoms. The maximum absolute atomic E-state index is 3.77. The van der Waals surface area contributed by atoms with Crippen LogP contribution in [0.1, 0.15) is 149 Å². The zero-order chi connectivity index (χ0) is 18.7. The molecular formula is C25H51N. The summed E-state index contributed by atoms with van der Waals surface area (Å²) in [5, 5.41) is 3.77. The molecule has 0 radical (unpaired) electrons. The Morgan fingerprint density at radius 3 is 1.42 bits per heavy atom. The smallest absolute Gasteiger partial charge is 0.00695 e. The largest absolute Gasteiger partial charge is 0.312 e. The van der Waals surface area contributed by atoms with E-state index in [2.05, 4.69) is 19.2 Å². The van der Waals surface area contributed by atoms with Crippen molar-refractivity contribution in [3.63, 3.8) is 0 Å². The monoisotopic (exact) mass is 365 g/mol. The minimum atomic E-state index is 0.763. The van der Waals surface area contributed by atoms with Crippen LogP contribution in [0.3, 0.4) is 0 Å². The van der Waals surface area contributed by atoms with E-state index in [1.54, 1.807) is 0 Å². The van der Waals surface area contributed by atoms with Crippen molar-refractivity contribution >= 4 is 0 Å². The summed E-state index contributed by atoms with van der Waals surface area (Å²) in [5.41, 5.74) is 0. The van der Waals surface area contributed by atoms with Crippen molar-refractivity contribution in [2.75, 3.05) is 0 Å². The van der Waals surface area contributed by atoms with Crippen LogP contribution in [-0.4, -0.2) is 12.1 Å². The summed E-state index contributed by atoms with van der Waals surface area (Å²) < 4.78 is 0. The lowest BCUT2D eigenvalue weighted by molar-refractivity contribution is 0.314. The second-order valence-electron chi connectivity index (χ2n) is 9.14. The number of unbranched alkanes of at least 4 members (excludes halogenated alkanes) is 16. The summed E-state index contributed by atoms with van der Waals surface area (Å²) in [4.78, 5) is 0. The minimum absolute atomic E-state index is 0.763. The van der Waals surface area contributed by atoms with Crippen molar-refractivity contribution in [2.45, 2.75) is 161 Å². The summed E-state index contributed by atoms with van der Waals surface area (Å²) in [6.07, 6.45) is 30.7. The first-order chi connectivity index (χ1) is 12.8. The van der Waals surface area contributed by atoms with Crippen molar-refractivity contribution < 1.29 is 0 Å². The molecule has 1 aliphatic heterocycles. The first kappa shape index (κ1) is 24.0. The van der Waals surface area contributed by atoms with E-state index in [1.807, 2.05) is 0 Å². The molecule has 2 unspecified atom stereocenters. The number of rotatable bonds is 18. The molecule has 1 aliphatic rings. The summed E-state index contributed by atoms with van der Waals surface area (Å²) in [6.45, 7) is 4.65. The highest BCUT2D eigenvalue weighted by molar-refractivity contribution is 4.77. The normalized spacial score (nSPS) is 20.5. The Labute approximate surface area is 166 Å². The fourth-order valence-electron chi connectivity index (χ4n) is 4.58. The zero-order valence-corrected chi connectivity index (χ0v) is 18.5. The predicted octanol–water partition coefficient (Wildman–Crippen LogP) is 8.56. The van der Waals surface area contributed by atoms with Gasteiger partial charge in [0.15, 0.2) is 0 Å². The minimum Gasteiger partial charge on any atom is -0.312 e. The fraction of sp³-hybridized carbons (Fsp3) is 1.00. The summed E-state index contributed by atoms with van der Waals surface area (Å²) in [6, 6.07) is 1.59. The lowest BCUT2D eigenvalue weighted by atomic mass is 9.95. The molecule has 1 rings (SSSR count). The Bertz CT molecular complexity index is 275. The van der Waals surface area contributed by atoms with Gasteiger partial charge < -0.3 is 5.32 Å². The van der Waals surface area contributed by atoms with Gasteiger partial charge in [0, 0.05) is 12.1 Å². The van der Waals surface area contributed by atoms with E-state index < -0.39 is 0 Å². The van der Waals surface area contributed by atoms with Crippen molar-refractivity contribution in [3.8, 4) is 0 Å². The molecule has 0 aliphatic carbocycles. The van der Waals surface area contributed by atoms with Crippen LogP contribution >= 0.6 is 0 Å². The van der Waals surface area contributed by atoms with Crippen molar-refractivity contribution in [1.29, 1.82) is 0 Å². The van der Waals surface area contributed by atoms with E-state index >= 15 is 0 Å². The van der Waals surface area contributed by atoms with Gasteiger partial charge in [-0.2, -0.15) is 0 Å². The average molecular weight is 366 g/mol. The summed E-state index contributed by atoms with van der Waals surface area (Å²) in [7, 11) is 0. The molecule has 1 heteroatoms. The molecule has 0 spiro atoms. The van der Waals surface area contributed by atoms with Gasteiger partial charge >= 0.3 is 0 Å². The Morgan fingerprint density at radius 2 is 1.00 bits per heavy atom. The maximum Gasteiger partial charge on any atom is 0.00695 e. The standard InChI is InChI=1S/C25H51N/c1-3-4-5-6-7-8-9-10-11-12-13-14-15-16-17-18-19-22-25-23-20-21-24(2)26-25/h24-26H,3-23H2,1-2H3. The first-order valence-electron chi connectivity index (χ1n) is 12.6. The quantitative estimate of drug-likeness (QED) is 0.240. The van der Waals surface area contributed by atoms with Gasteiger partial charge in [0.05, 0.1) is 0 Å². The molecule has 1 heterocycles. The number of nitrogens with one attached hydrogen (secondary N) is 1. The number of piperidine rings is 1. The Morgan fingerprint density at radius 1 is 0.577 bits per heavy atom. The molecular weight excluding hydrogens is 314 g/mol. The zero-order valence-electron chi connectivity index (χ0n) is 18.5. The highest BCUT2D eigenvalue weighted by atomic mass is 15.0. The molecule has 0 aromatic rings. The fourth-order valence-corrected chi connectivity index (χ4v) is 4.58. The third-order valence-corrected chi connectivity index (χ3v) is 6.37. The van der Waals surface area contributed by atoms with Crippen LogP contribution in [0.25, 0.3) is 0 Å². The van der Waals surface area contributed by atoms with Crippen LogP contribution in [0.2, 0.25) is 0 Å². The van der Waals surface area contributed by atoms with Gasteiger partial charge in [-0.15, -0.1) is 0 Å². The van der Waals surface area contributed by atoms with E-state index in [1.165, 1.54) is 135 Å². The Balaban J connectivity index is 1.68. The van der Waals surface area contributed by atoms with Crippen LogP contribution < -0.4 is 5.32 Å². The third-order valence-electron chi connectivity index (χ3n) is 6.37. The van der Waals surface area contributed by atoms with Gasteiger partial charge in [-0.25, -0.2) is 0 Å². The molecule has 0 saturated carbocycles. The first-order valence-corrected chi connectivity index (χ1v) is 12.6. The SMILES string of the molecule is CCCCCCCCCCCCCCCCCCCC1CCCC(C)N1. The third kappa shape index (κ3) is 15.1. The van der Waals surface area contributed by atoms with E-state index in [4.69, 9.17) is 0 Å². The molecule has 0 bridgehead atoms. The van der Waals surface area contributed by atoms with E-state index in [0.29, 0.717) is 0 Å². The molecule has 0 aromatic carbocycles. The van der Waals surface area contributed by atoms with Crippen molar-refractivity contribution in [3.05, 3.63) is 0 Å². The van der Waals surface area contributed by atoms with Crippen LogP contribution in [0.4, 0.5) is 0 Å². The lowest BCUT2D eigenvalue weighted by Crippen LogP contribution is -2.40. The van der Waals surface area contributed by atoms with Crippen molar-refractivity contribution in [1.82, 2.24) is 5.32 Å². The molecule has 1 N–H and O–H groups in total. The average Bonchev–Trinajstić information content (AvgIpc) is 2.64. The van der Waals surface area contributed by atoms with Gasteiger partial charge in [-0.1, -0.05) is 122 Å². The predicted molar refractivity (Wildman–Crippen MR) is 119 cm³/mol. The molecule has 1 nitrogen and oxygen atoms in total. The van der Waals surface area contributed by atoms with E-state index in [9.17, 15) is 0 Å². The Hall–Kier alpha value is -0.0400. The van der Waals surface area contributed by atoms with E-state index in [0.717, 1.165) is 12.1 Å². The molecule has 156 valence electrons. The highest BCUT2D eigenvalue weighted by Gasteiger charge is 2.16. The summed E-state index contributed by atoms with van der Waals surface area (Å²) in [5.74, 6) is 0. The molecule has 1 fully saturated rings.